The lowest BCUT2D eigenvalue weighted by Crippen LogP contribution is -2.31. The summed E-state index contributed by atoms with van der Waals surface area (Å²) >= 11 is 0. The molecule has 0 atom stereocenters. The van der Waals surface area contributed by atoms with E-state index in [9.17, 15) is 8.42 Å². The zero-order valence-electron chi connectivity index (χ0n) is 15.3. The Hall–Kier alpha value is -2.12. The van der Waals surface area contributed by atoms with E-state index in [2.05, 4.69) is 39.5 Å². The number of rotatable bonds is 8. The molecule has 0 bridgehead atoms. The van der Waals surface area contributed by atoms with Crippen molar-refractivity contribution in [3.8, 4) is 0 Å². The Morgan fingerprint density at radius 2 is 1.64 bits per heavy atom. The number of anilines is 2. The first-order chi connectivity index (χ1) is 11.9. The van der Waals surface area contributed by atoms with Gasteiger partial charge in [0.25, 0.3) is 5.82 Å². The van der Waals surface area contributed by atoms with Gasteiger partial charge in [0, 0.05) is 38.9 Å². The third-order valence-corrected chi connectivity index (χ3v) is 6.11. The molecule has 1 aromatic heterocycles. The molecule has 6 nitrogen and oxygen atoms in total. The zero-order chi connectivity index (χ0) is 18.4. The van der Waals surface area contributed by atoms with Crippen LogP contribution in [0.3, 0.4) is 0 Å². The molecule has 0 amide bonds. The maximum absolute atomic E-state index is 12.5. The molecule has 1 aromatic carbocycles. The van der Waals surface area contributed by atoms with Crippen molar-refractivity contribution >= 4 is 21.5 Å². The second-order valence-electron chi connectivity index (χ2n) is 5.94. The minimum Gasteiger partial charge on any atom is -0.378 e. The van der Waals surface area contributed by atoms with E-state index < -0.39 is 10.0 Å². The van der Waals surface area contributed by atoms with Gasteiger partial charge in [0.05, 0.1) is 0 Å². The second kappa shape index (κ2) is 8.31. The fraction of sp³-hybridized carbons (Fsp3) is 0.389. The Morgan fingerprint density at radius 1 is 1.00 bits per heavy atom. The first-order valence-corrected chi connectivity index (χ1v) is 9.84. The quantitative estimate of drug-likeness (QED) is 0.781. The molecule has 0 aliphatic heterocycles. The van der Waals surface area contributed by atoms with Gasteiger partial charge in [0.2, 0.25) is 10.0 Å². The second-order valence-corrected chi connectivity index (χ2v) is 7.88. The predicted molar refractivity (Wildman–Crippen MR) is 101 cm³/mol. The molecule has 0 radical (unpaired) electrons. The lowest BCUT2D eigenvalue weighted by atomic mass is 10.2. The predicted octanol–water partition coefficient (Wildman–Crippen LogP) is 2.21. The average Bonchev–Trinajstić information content (AvgIpc) is 2.61. The smallest absolute Gasteiger partial charge is 0.272 e. The van der Waals surface area contributed by atoms with Gasteiger partial charge < -0.3 is 4.90 Å². The fourth-order valence-corrected chi connectivity index (χ4v) is 3.93. The summed E-state index contributed by atoms with van der Waals surface area (Å²) in [5, 5.41) is 3.27. The maximum Gasteiger partial charge on any atom is 0.272 e. The molecular formula is C18H27N4O2S+. The van der Waals surface area contributed by atoms with Gasteiger partial charge in [-0.2, -0.15) is 4.31 Å². The van der Waals surface area contributed by atoms with Crippen LogP contribution < -0.4 is 15.2 Å². The number of aromatic nitrogens is 1. The normalized spacial score (nSPS) is 11.6. The minimum absolute atomic E-state index is 0.275. The fourth-order valence-electron chi connectivity index (χ4n) is 2.50. The maximum atomic E-state index is 12.5. The SMILES string of the molecule is CCN(CC)S(=O)(=O)c1ccc(NCc2ccc(N(C)C)cc2)[nH+]c1. The topological polar surface area (TPSA) is 66.8 Å². The Balaban J connectivity index is 2.03. The van der Waals surface area contributed by atoms with E-state index in [1.54, 1.807) is 12.1 Å². The molecule has 25 heavy (non-hydrogen) atoms. The van der Waals surface area contributed by atoms with Crippen LogP contribution in [0.5, 0.6) is 0 Å². The Labute approximate surface area is 150 Å². The van der Waals surface area contributed by atoms with Crippen molar-refractivity contribution in [2.24, 2.45) is 0 Å². The lowest BCUT2D eigenvalue weighted by molar-refractivity contribution is -0.364. The number of pyridine rings is 1. The van der Waals surface area contributed by atoms with Crippen molar-refractivity contribution in [1.29, 1.82) is 0 Å². The molecule has 2 rings (SSSR count). The summed E-state index contributed by atoms with van der Waals surface area (Å²) in [6.45, 7) is 5.25. The molecule has 136 valence electrons. The highest BCUT2D eigenvalue weighted by Gasteiger charge is 2.22. The number of H-pyrrole nitrogens is 1. The van der Waals surface area contributed by atoms with Crippen LogP contribution in [0.1, 0.15) is 19.4 Å². The van der Waals surface area contributed by atoms with Crippen LogP contribution in [0.25, 0.3) is 0 Å². The van der Waals surface area contributed by atoms with Crippen molar-refractivity contribution in [3.63, 3.8) is 0 Å². The van der Waals surface area contributed by atoms with Gasteiger partial charge in [-0.15, -0.1) is 0 Å². The molecule has 7 heteroatoms. The molecule has 2 N–H and O–H groups in total. The lowest BCUT2D eigenvalue weighted by Gasteiger charge is -2.17. The highest BCUT2D eigenvalue weighted by molar-refractivity contribution is 7.89. The van der Waals surface area contributed by atoms with E-state index in [-0.39, 0.29) is 4.90 Å². The molecular weight excluding hydrogens is 336 g/mol. The summed E-state index contributed by atoms with van der Waals surface area (Å²) in [4.78, 5) is 5.35. The van der Waals surface area contributed by atoms with Gasteiger partial charge in [-0.3, -0.25) is 5.32 Å². The molecule has 0 aliphatic carbocycles. The largest absolute Gasteiger partial charge is 0.378 e. The van der Waals surface area contributed by atoms with Gasteiger partial charge in [-0.1, -0.05) is 26.0 Å². The van der Waals surface area contributed by atoms with E-state index in [4.69, 9.17) is 0 Å². The molecule has 0 unspecified atom stereocenters. The Bertz CT molecular complexity index is 768. The van der Waals surface area contributed by atoms with Crippen LogP contribution in [0.4, 0.5) is 11.5 Å². The van der Waals surface area contributed by atoms with Crippen molar-refractivity contribution < 1.29 is 13.4 Å². The zero-order valence-corrected chi connectivity index (χ0v) is 16.1. The molecule has 0 aliphatic rings. The van der Waals surface area contributed by atoms with Crippen molar-refractivity contribution in [2.75, 3.05) is 37.4 Å². The van der Waals surface area contributed by atoms with E-state index >= 15 is 0 Å². The van der Waals surface area contributed by atoms with Crippen LogP contribution in [-0.4, -0.2) is 39.9 Å². The van der Waals surface area contributed by atoms with Gasteiger partial charge >= 0.3 is 0 Å². The van der Waals surface area contributed by atoms with Crippen molar-refractivity contribution in [2.45, 2.75) is 25.3 Å². The summed E-state index contributed by atoms with van der Waals surface area (Å²) < 4.78 is 26.3. The summed E-state index contributed by atoms with van der Waals surface area (Å²) in [7, 11) is 0.592. The minimum atomic E-state index is -3.43. The molecule has 1 heterocycles. The average molecular weight is 364 g/mol. The van der Waals surface area contributed by atoms with E-state index in [1.165, 1.54) is 10.5 Å². The summed E-state index contributed by atoms with van der Waals surface area (Å²) in [5.74, 6) is 0.773. The highest BCUT2D eigenvalue weighted by atomic mass is 32.2. The van der Waals surface area contributed by atoms with Gasteiger partial charge in [0.15, 0.2) is 0 Å². The molecule has 0 saturated carbocycles. The molecule has 0 spiro atoms. The van der Waals surface area contributed by atoms with Crippen LogP contribution in [0, 0.1) is 0 Å². The standard InChI is InChI=1S/C18H26N4O2S/c1-5-22(6-2)25(23,24)17-11-12-18(20-14-17)19-13-15-7-9-16(10-8-15)21(3)4/h7-12,14H,5-6,13H2,1-4H3,(H,19,20)/p+1. The van der Waals surface area contributed by atoms with Gasteiger partial charge in [0.1, 0.15) is 17.6 Å². The van der Waals surface area contributed by atoms with Crippen LogP contribution in [-0.2, 0) is 16.6 Å². The number of hydrogen-bond donors (Lipinski definition) is 1. The number of benzene rings is 1. The summed E-state index contributed by atoms with van der Waals surface area (Å²) in [6, 6.07) is 11.7. The Morgan fingerprint density at radius 3 is 2.12 bits per heavy atom. The number of hydrogen-bond acceptors (Lipinski definition) is 4. The van der Waals surface area contributed by atoms with E-state index in [0.717, 1.165) is 17.1 Å². The van der Waals surface area contributed by atoms with Gasteiger partial charge in [-0.05, 0) is 23.8 Å². The number of aromatic amines is 1. The first kappa shape index (κ1) is 19.2. The van der Waals surface area contributed by atoms with E-state index in [0.29, 0.717) is 19.6 Å². The number of sulfonamides is 1. The third kappa shape index (κ3) is 4.70. The van der Waals surface area contributed by atoms with E-state index in [1.807, 2.05) is 27.9 Å². The summed E-state index contributed by atoms with van der Waals surface area (Å²) in [6.07, 6.45) is 1.53. The molecule has 0 saturated heterocycles. The molecule has 0 fully saturated rings. The monoisotopic (exact) mass is 363 g/mol. The first-order valence-electron chi connectivity index (χ1n) is 8.40. The molecule has 2 aromatic rings. The Kier molecular flexibility index (Phi) is 6.39. The van der Waals surface area contributed by atoms with Crippen molar-refractivity contribution in [3.05, 3.63) is 48.2 Å². The number of nitrogens with one attached hydrogen (secondary N) is 2. The summed E-state index contributed by atoms with van der Waals surface area (Å²) in [5.41, 5.74) is 2.31. The highest BCUT2D eigenvalue weighted by Crippen LogP contribution is 2.15. The third-order valence-electron chi connectivity index (χ3n) is 4.06. The van der Waals surface area contributed by atoms with Crippen molar-refractivity contribution in [1.82, 2.24) is 4.31 Å². The van der Waals surface area contributed by atoms with Crippen LogP contribution >= 0.6 is 0 Å². The van der Waals surface area contributed by atoms with Crippen LogP contribution in [0.15, 0.2) is 47.5 Å². The van der Waals surface area contributed by atoms with Crippen LogP contribution in [0.2, 0.25) is 0 Å². The van der Waals surface area contributed by atoms with Gasteiger partial charge in [-0.25, -0.2) is 13.4 Å². The number of nitrogens with zero attached hydrogens (tertiary/aromatic N) is 2.